The van der Waals surface area contributed by atoms with Crippen LogP contribution >= 0.6 is 0 Å². The number of carboxylic acid groups (broad SMARTS) is 1. The number of nitrogens with zero attached hydrogens (tertiary/aromatic N) is 1. The average Bonchev–Trinajstić information content (AvgIpc) is 2.83. The molecule has 196 valence electrons. The molecule has 0 atom stereocenters. The highest BCUT2D eigenvalue weighted by Crippen LogP contribution is 2.32. The summed E-state index contributed by atoms with van der Waals surface area (Å²) in [6, 6.07) is 10.6. The third-order valence-corrected chi connectivity index (χ3v) is 5.98. The minimum Gasteiger partial charge on any atom is -0.475 e. The van der Waals surface area contributed by atoms with Gasteiger partial charge in [-0.25, -0.2) is 17.6 Å². The molecule has 0 saturated carbocycles. The molecule has 1 heterocycles. The van der Waals surface area contributed by atoms with E-state index in [9.17, 15) is 26.0 Å². The van der Waals surface area contributed by atoms with Crippen LogP contribution in [0.25, 0.3) is 0 Å². The Balaban J connectivity index is 0.000000897. The summed E-state index contributed by atoms with van der Waals surface area (Å²) in [6.07, 6.45) is -5.08. The lowest BCUT2D eigenvalue weighted by molar-refractivity contribution is -0.192. The van der Waals surface area contributed by atoms with E-state index in [-0.39, 0.29) is 16.4 Å². The maximum absolute atomic E-state index is 13.3. The quantitative estimate of drug-likeness (QED) is 0.518. The van der Waals surface area contributed by atoms with Crippen LogP contribution in [0.5, 0.6) is 11.5 Å². The molecule has 1 saturated heterocycles. The van der Waals surface area contributed by atoms with Gasteiger partial charge in [0.2, 0.25) is 10.0 Å². The molecular weight excluding hydrogens is 500 g/mol. The number of alkyl halides is 3. The van der Waals surface area contributed by atoms with Gasteiger partial charge in [-0.1, -0.05) is 12.1 Å². The molecule has 9 nitrogen and oxygen atoms in total. The fourth-order valence-corrected chi connectivity index (χ4v) is 4.22. The minimum absolute atomic E-state index is 0.105. The number of aliphatic hydroxyl groups is 1. The molecule has 0 unspecified atom stereocenters. The zero-order valence-electron chi connectivity index (χ0n) is 18.9. The van der Waals surface area contributed by atoms with Gasteiger partial charge in [-0.3, -0.25) is 0 Å². The standard InChI is InChI=1S/C17H19FN2O3S.C2HF3O2.CH4O.CH2O/c1-13-5-6-16(23-15-4-2-3-14(18)12-15)17(11-13)24(21,22)20-9-7-19-8-10-20;3-2(4,5)1(6)7;2*1-2/h2-6,11-12,19H,7-10H2,1H3;(H,6,7);2H,1H3;1H2. The maximum Gasteiger partial charge on any atom is 0.490 e. The molecule has 1 aliphatic rings. The van der Waals surface area contributed by atoms with Gasteiger partial charge in [-0.2, -0.15) is 17.5 Å². The number of rotatable bonds is 4. The van der Waals surface area contributed by atoms with Crippen LogP contribution in [-0.4, -0.2) is 75.2 Å². The number of sulfonamides is 1. The van der Waals surface area contributed by atoms with Crippen molar-refractivity contribution < 1.29 is 50.5 Å². The second-order valence-electron chi connectivity index (χ2n) is 6.47. The first-order chi connectivity index (χ1) is 16.4. The molecule has 1 aliphatic heterocycles. The molecule has 0 aliphatic carbocycles. The predicted octanol–water partition coefficient (Wildman–Crippen LogP) is 2.58. The van der Waals surface area contributed by atoms with Crippen LogP contribution in [0.4, 0.5) is 17.6 Å². The van der Waals surface area contributed by atoms with Gasteiger partial charge < -0.3 is 25.1 Å². The van der Waals surface area contributed by atoms with E-state index in [4.69, 9.17) is 24.5 Å². The van der Waals surface area contributed by atoms with Crippen molar-refractivity contribution in [3.8, 4) is 11.5 Å². The van der Waals surface area contributed by atoms with E-state index < -0.39 is 28.0 Å². The molecule has 1 fully saturated rings. The van der Waals surface area contributed by atoms with Crippen molar-refractivity contribution in [2.45, 2.75) is 18.0 Å². The van der Waals surface area contributed by atoms with E-state index in [1.54, 1.807) is 24.3 Å². The first-order valence-corrected chi connectivity index (χ1v) is 11.1. The molecule has 2 aromatic rings. The third kappa shape index (κ3) is 10.4. The number of benzene rings is 2. The van der Waals surface area contributed by atoms with E-state index in [0.29, 0.717) is 26.2 Å². The van der Waals surface area contributed by atoms with Crippen molar-refractivity contribution in [3.63, 3.8) is 0 Å². The molecule has 0 radical (unpaired) electrons. The Kier molecular flexibility index (Phi) is 13.7. The van der Waals surface area contributed by atoms with E-state index in [1.165, 1.54) is 22.5 Å². The van der Waals surface area contributed by atoms with Gasteiger partial charge >= 0.3 is 12.1 Å². The summed E-state index contributed by atoms with van der Waals surface area (Å²) < 4.78 is 78.1. The maximum atomic E-state index is 13.3. The van der Waals surface area contributed by atoms with Gasteiger partial charge in [0.25, 0.3) is 0 Å². The fourth-order valence-electron chi connectivity index (χ4n) is 2.58. The van der Waals surface area contributed by atoms with E-state index >= 15 is 0 Å². The van der Waals surface area contributed by atoms with Gasteiger partial charge in [0.05, 0.1) is 0 Å². The summed E-state index contributed by atoms with van der Waals surface area (Å²) in [5.41, 5.74) is 0.815. The summed E-state index contributed by atoms with van der Waals surface area (Å²) in [6.45, 7) is 5.88. The number of piperazine rings is 1. The molecule has 0 bridgehead atoms. The lowest BCUT2D eigenvalue weighted by Crippen LogP contribution is -2.46. The third-order valence-electron chi connectivity index (χ3n) is 4.06. The first kappa shape index (κ1) is 31.9. The number of aliphatic carboxylic acids is 1. The summed E-state index contributed by atoms with van der Waals surface area (Å²) in [7, 11) is -2.67. The second kappa shape index (κ2) is 15.0. The second-order valence-corrected chi connectivity index (χ2v) is 8.37. The number of hydrogen-bond donors (Lipinski definition) is 3. The Morgan fingerprint density at radius 1 is 1.09 bits per heavy atom. The number of aryl methyl sites for hydroxylation is 1. The predicted molar refractivity (Wildman–Crippen MR) is 118 cm³/mol. The molecule has 3 N–H and O–H groups in total. The largest absolute Gasteiger partial charge is 0.490 e. The number of carboxylic acids is 1. The molecule has 0 aromatic heterocycles. The topological polar surface area (TPSA) is 133 Å². The van der Waals surface area contributed by atoms with Gasteiger partial charge in [0.15, 0.2) is 0 Å². The molecule has 14 heteroatoms. The smallest absolute Gasteiger partial charge is 0.475 e. The highest BCUT2D eigenvalue weighted by atomic mass is 32.2. The number of ether oxygens (including phenoxy) is 1. The average molecular weight is 527 g/mol. The number of aliphatic hydroxyl groups excluding tert-OH is 1. The van der Waals surface area contributed by atoms with Crippen molar-refractivity contribution in [3.05, 3.63) is 53.8 Å². The number of hydrogen-bond acceptors (Lipinski definition) is 7. The normalized spacial score (nSPS) is 13.6. The number of halogens is 4. The Hall–Kier alpha value is -3.07. The van der Waals surface area contributed by atoms with Gasteiger partial charge in [0.1, 0.15) is 29.0 Å². The van der Waals surface area contributed by atoms with Crippen molar-refractivity contribution in [2.75, 3.05) is 33.3 Å². The summed E-state index contributed by atoms with van der Waals surface area (Å²) in [5.74, 6) is -2.74. The van der Waals surface area contributed by atoms with Crippen LogP contribution in [0, 0.1) is 12.7 Å². The summed E-state index contributed by atoms with van der Waals surface area (Å²) in [4.78, 5) is 17.0. The zero-order valence-corrected chi connectivity index (χ0v) is 19.7. The number of carbonyl (C=O) groups is 2. The monoisotopic (exact) mass is 526 g/mol. The minimum atomic E-state index is -5.08. The molecular formula is C21H26F4N2O7S. The van der Waals surface area contributed by atoms with Crippen LogP contribution < -0.4 is 10.1 Å². The van der Waals surface area contributed by atoms with E-state index in [1.807, 2.05) is 13.7 Å². The van der Waals surface area contributed by atoms with Gasteiger partial charge in [-0.05, 0) is 36.8 Å². The molecule has 3 rings (SSSR count). The number of nitrogens with one attached hydrogen (secondary N) is 1. The summed E-state index contributed by atoms with van der Waals surface area (Å²) >= 11 is 0. The van der Waals surface area contributed by atoms with Crippen molar-refractivity contribution >= 4 is 22.8 Å². The van der Waals surface area contributed by atoms with Crippen molar-refractivity contribution in [1.82, 2.24) is 9.62 Å². The van der Waals surface area contributed by atoms with Crippen LogP contribution in [0.1, 0.15) is 5.56 Å². The van der Waals surface area contributed by atoms with Gasteiger partial charge in [-0.15, -0.1) is 0 Å². The van der Waals surface area contributed by atoms with Crippen LogP contribution in [0.3, 0.4) is 0 Å². The van der Waals surface area contributed by atoms with Crippen LogP contribution in [0.2, 0.25) is 0 Å². The van der Waals surface area contributed by atoms with Crippen LogP contribution in [0.15, 0.2) is 47.4 Å². The first-order valence-electron chi connectivity index (χ1n) is 9.70. The Morgan fingerprint density at radius 2 is 1.63 bits per heavy atom. The van der Waals surface area contributed by atoms with Crippen molar-refractivity contribution in [2.24, 2.45) is 0 Å². The Morgan fingerprint density at radius 3 is 2.11 bits per heavy atom. The molecule has 35 heavy (non-hydrogen) atoms. The fraction of sp³-hybridized carbons (Fsp3) is 0.333. The molecule has 0 amide bonds. The highest BCUT2D eigenvalue weighted by Gasteiger charge is 2.38. The lowest BCUT2D eigenvalue weighted by Gasteiger charge is -2.27. The van der Waals surface area contributed by atoms with E-state index in [0.717, 1.165) is 12.7 Å². The number of carbonyl (C=O) groups excluding carboxylic acids is 1. The molecule has 2 aromatic carbocycles. The molecule has 0 spiro atoms. The SMILES string of the molecule is C=O.CO.Cc1ccc(Oc2cccc(F)c2)c(S(=O)(=O)N2CCNCC2)c1.O=C(O)C(F)(F)F. The zero-order chi connectivity index (χ0) is 27.2. The lowest BCUT2D eigenvalue weighted by atomic mass is 10.2. The van der Waals surface area contributed by atoms with Crippen molar-refractivity contribution in [1.29, 1.82) is 0 Å². The summed E-state index contributed by atoms with van der Waals surface area (Å²) in [5, 5.41) is 17.3. The van der Waals surface area contributed by atoms with E-state index in [2.05, 4.69) is 5.32 Å². The highest BCUT2D eigenvalue weighted by molar-refractivity contribution is 7.89. The van der Waals surface area contributed by atoms with Crippen LogP contribution in [-0.2, 0) is 19.6 Å². The Labute approximate surface area is 200 Å². The Bertz CT molecular complexity index is 1040. The van der Waals surface area contributed by atoms with Gasteiger partial charge in [0, 0.05) is 39.4 Å².